The van der Waals surface area contributed by atoms with Gasteiger partial charge in [-0.2, -0.15) is 0 Å². The molecule has 1 fully saturated rings. The van der Waals surface area contributed by atoms with Crippen molar-refractivity contribution in [1.29, 1.82) is 0 Å². The lowest BCUT2D eigenvalue weighted by Gasteiger charge is -2.23. The number of nitrogens with zero attached hydrogens (tertiary/aromatic N) is 3. The van der Waals surface area contributed by atoms with E-state index in [0.717, 1.165) is 17.8 Å². The number of rotatable bonds is 4. The lowest BCUT2D eigenvalue weighted by atomic mass is 9.96. The predicted octanol–water partition coefficient (Wildman–Crippen LogP) is 1.56. The first-order valence-electron chi connectivity index (χ1n) is 7.08. The monoisotopic (exact) mass is 261 g/mol. The first kappa shape index (κ1) is 13.8. The van der Waals surface area contributed by atoms with Crippen LogP contribution in [0.4, 0.5) is 0 Å². The average molecular weight is 261 g/mol. The van der Waals surface area contributed by atoms with Crippen molar-refractivity contribution in [2.45, 2.75) is 51.5 Å². The number of aryl methyl sites for hydroxylation is 1. The van der Waals surface area contributed by atoms with Crippen molar-refractivity contribution in [2.75, 3.05) is 6.54 Å². The van der Waals surface area contributed by atoms with Crippen molar-refractivity contribution in [3.8, 4) is 0 Å². The zero-order chi connectivity index (χ0) is 13.5. The summed E-state index contributed by atoms with van der Waals surface area (Å²) < 4.78 is 0. The summed E-state index contributed by atoms with van der Waals surface area (Å²) in [6.07, 6.45) is 10.6. The Morgan fingerprint density at radius 1 is 1.32 bits per heavy atom. The predicted molar refractivity (Wildman–Crippen MR) is 77.0 cm³/mol. The van der Waals surface area contributed by atoms with E-state index in [1.807, 2.05) is 6.92 Å². The lowest BCUT2D eigenvalue weighted by molar-refractivity contribution is 0.412. The second kappa shape index (κ2) is 7.07. The molecule has 1 aromatic rings. The van der Waals surface area contributed by atoms with Crippen molar-refractivity contribution in [1.82, 2.24) is 15.3 Å². The van der Waals surface area contributed by atoms with Crippen LogP contribution in [0.1, 0.15) is 43.5 Å². The fraction of sp³-hybridized carbons (Fsp3) is 0.643. The molecule has 0 spiro atoms. The van der Waals surface area contributed by atoms with Gasteiger partial charge in [0.15, 0.2) is 5.96 Å². The molecular formula is C14H23N5. The molecule has 3 N–H and O–H groups in total. The van der Waals surface area contributed by atoms with Gasteiger partial charge >= 0.3 is 0 Å². The third kappa shape index (κ3) is 4.50. The second-order valence-electron chi connectivity index (χ2n) is 5.08. The molecule has 5 heteroatoms. The van der Waals surface area contributed by atoms with Crippen LogP contribution < -0.4 is 11.1 Å². The smallest absolute Gasteiger partial charge is 0.188 e. The highest BCUT2D eigenvalue weighted by molar-refractivity contribution is 5.78. The quantitative estimate of drug-likeness (QED) is 0.637. The van der Waals surface area contributed by atoms with Crippen LogP contribution in [0.2, 0.25) is 0 Å². The molecule has 1 aliphatic rings. The van der Waals surface area contributed by atoms with Crippen LogP contribution in [-0.2, 0) is 6.42 Å². The Morgan fingerprint density at radius 2 is 2.05 bits per heavy atom. The van der Waals surface area contributed by atoms with Gasteiger partial charge in [-0.1, -0.05) is 19.3 Å². The van der Waals surface area contributed by atoms with E-state index in [0.29, 0.717) is 18.5 Å². The van der Waals surface area contributed by atoms with Crippen LogP contribution in [0.3, 0.4) is 0 Å². The molecular weight excluding hydrogens is 238 g/mol. The van der Waals surface area contributed by atoms with Crippen LogP contribution in [0.25, 0.3) is 0 Å². The van der Waals surface area contributed by atoms with E-state index in [1.54, 1.807) is 12.4 Å². The van der Waals surface area contributed by atoms with Crippen molar-refractivity contribution in [2.24, 2.45) is 10.7 Å². The minimum atomic E-state index is 0.510. The second-order valence-corrected chi connectivity index (χ2v) is 5.08. The first-order chi connectivity index (χ1) is 9.25. The van der Waals surface area contributed by atoms with Gasteiger partial charge in [-0.15, -0.1) is 0 Å². The minimum Gasteiger partial charge on any atom is -0.370 e. The number of nitrogens with one attached hydrogen (secondary N) is 1. The number of hydrogen-bond acceptors (Lipinski definition) is 3. The van der Waals surface area contributed by atoms with Gasteiger partial charge in [0.1, 0.15) is 0 Å². The van der Waals surface area contributed by atoms with Gasteiger partial charge in [-0.05, 0) is 19.8 Å². The Hall–Kier alpha value is -1.65. The molecule has 5 nitrogen and oxygen atoms in total. The summed E-state index contributed by atoms with van der Waals surface area (Å²) in [5, 5.41) is 3.31. The number of aromatic nitrogens is 2. The molecule has 1 heterocycles. The molecule has 0 atom stereocenters. The molecule has 104 valence electrons. The lowest BCUT2D eigenvalue weighted by Crippen LogP contribution is -2.41. The topological polar surface area (TPSA) is 76.2 Å². The highest BCUT2D eigenvalue weighted by Gasteiger charge is 2.13. The van der Waals surface area contributed by atoms with Crippen molar-refractivity contribution >= 4 is 5.96 Å². The molecule has 0 amide bonds. The minimum absolute atomic E-state index is 0.510. The molecule has 1 aromatic heterocycles. The van der Waals surface area contributed by atoms with Crippen LogP contribution in [0, 0.1) is 6.92 Å². The molecule has 0 aliphatic heterocycles. The first-order valence-corrected chi connectivity index (χ1v) is 7.08. The summed E-state index contributed by atoms with van der Waals surface area (Å²) >= 11 is 0. The Balaban J connectivity index is 1.76. The van der Waals surface area contributed by atoms with Gasteiger partial charge in [-0.3, -0.25) is 15.0 Å². The maximum atomic E-state index is 5.91. The molecule has 19 heavy (non-hydrogen) atoms. The van der Waals surface area contributed by atoms with E-state index in [-0.39, 0.29) is 0 Å². The molecule has 0 aromatic carbocycles. The highest BCUT2D eigenvalue weighted by atomic mass is 15.1. The Kier molecular flexibility index (Phi) is 5.12. The third-order valence-electron chi connectivity index (χ3n) is 3.57. The summed E-state index contributed by atoms with van der Waals surface area (Å²) in [5.41, 5.74) is 7.88. The van der Waals surface area contributed by atoms with E-state index in [9.17, 15) is 0 Å². The molecule has 0 unspecified atom stereocenters. The molecule has 1 saturated carbocycles. The van der Waals surface area contributed by atoms with Crippen LogP contribution in [0.15, 0.2) is 17.4 Å². The van der Waals surface area contributed by atoms with E-state index < -0.39 is 0 Å². The van der Waals surface area contributed by atoms with Gasteiger partial charge in [0.2, 0.25) is 0 Å². The number of aliphatic imine (C=N–C) groups is 1. The zero-order valence-corrected chi connectivity index (χ0v) is 11.6. The SMILES string of the molecule is Cc1nccnc1CCN=C(N)NC1CCCCC1. The van der Waals surface area contributed by atoms with E-state index in [2.05, 4.69) is 20.3 Å². The Bertz CT molecular complexity index is 424. The number of hydrogen-bond donors (Lipinski definition) is 2. The van der Waals surface area contributed by atoms with E-state index in [1.165, 1.54) is 32.1 Å². The van der Waals surface area contributed by atoms with Gasteiger partial charge in [-0.25, -0.2) is 0 Å². The molecule has 1 aliphatic carbocycles. The number of guanidine groups is 1. The maximum Gasteiger partial charge on any atom is 0.188 e. The summed E-state index contributed by atoms with van der Waals surface area (Å²) in [6.45, 7) is 2.63. The average Bonchev–Trinajstić information content (AvgIpc) is 2.42. The third-order valence-corrected chi connectivity index (χ3v) is 3.57. The van der Waals surface area contributed by atoms with Gasteiger partial charge in [0.05, 0.1) is 11.4 Å². The zero-order valence-electron chi connectivity index (χ0n) is 11.6. The van der Waals surface area contributed by atoms with Crippen LogP contribution in [0.5, 0.6) is 0 Å². The summed E-state index contributed by atoms with van der Waals surface area (Å²) in [7, 11) is 0. The van der Waals surface area contributed by atoms with Crippen LogP contribution in [-0.4, -0.2) is 28.5 Å². The Labute approximate surface area is 114 Å². The van der Waals surface area contributed by atoms with Crippen LogP contribution >= 0.6 is 0 Å². The van der Waals surface area contributed by atoms with Gasteiger partial charge in [0.25, 0.3) is 0 Å². The summed E-state index contributed by atoms with van der Waals surface area (Å²) in [6, 6.07) is 0.510. The summed E-state index contributed by atoms with van der Waals surface area (Å²) in [4.78, 5) is 12.9. The normalized spacial score (nSPS) is 17.4. The fourth-order valence-corrected chi connectivity index (χ4v) is 2.47. The van der Waals surface area contributed by atoms with Gasteiger partial charge in [0, 0.05) is 31.4 Å². The summed E-state index contributed by atoms with van der Waals surface area (Å²) in [5.74, 6) is 0.563. The Morgan fingerprint density at radius 3 is 2.79 bits per heavy atom. The maximum absolute atomic E-state index is 5.91. The molecule has 0 bridgehead atoms. The van der Waals surface area contributed by atoms with E-state index in [4.69, 9.17) is 5.73 Å². The molecule has 2 rings (SSSR count). The van der Waals surface area contributed by atoms with Crippen molar-refractivity contribution < 1.29 is 0 Å². The number of nitrogens with two attached hydrogens (primary N) is 1. The molecule has 0 radical (unpaired) electrons. The largest absolute Gasteiger partial charge is 0.370 e. The standard InChI is InChI=1S/C14H23N5/c1-11-13(17-10-9-16-11)7-8-18-14(15)19-12-5-3-2-4-6-12/h9-10,12H,2-8H2,1H3,(H3,15,18,19). The van der Waals surface area contributed by atoms with Crippen molar-refractivity contribution in [3.05, 3.63) is 23.8 Å². The highest BCUT2D eigenvalue weighted by Crippen LogP contribution is 2.16. The fourth-order valence-electron chi connectivity index (χ4n) is 2.47. The van der Waals surface area contributed by atoms with E-state index >= 15 is 0 Å². The van der Waals surface area contributed by atoms with Crippen molar-refractivity contribution in [3.63, 3.8) is 0 Å². The van der Waals surface area contributed by atoms with Gasteiger partial charge < -0.3 is 11.1 Å². The molecule has 0 saturated heterocycles.